The quantitative estimate of drug-likeness (QED) is 0.588. The summed E-state index contributed by atoms with van der Waals surface area (Å²) in [7, 11) is 0. The maximum Gasteiger partial charge on any atom is 0.306 e. The Bertz CT molecular complexity index is 710. The maximum absolute atomic E-state index is 11.8. The second kappa shape index (κ2) is 9.47. The normalized spacial score (nSPS) is 10.2. The summed E-state index contributed by atoms with van der Waals surface area (Å²) < 4.78 is 10.5. The molecule has 0 aromatic heterocycles. The van der Waals surface area contributed by atoms with Crippen LogP contribution in [0.4, 0.5) is 5.69 Å². The number of hydrogen-bond donors (Lipinski definition) is 1. The van der Waals surface area contributed by atoms with Crippen LogP contribution in [0.1, 0.15) is 24.0 Å². The molecular formula is C20H23NO4. The first kappa shape index (κ1) is 18.5. The summed E-state index contributed by atoms with van der Waals surface area (Å²) in [5.41, 5.74) is 2.90. The fourth-order valence-electron chi connectivity index (χ4n) is 2.18. The highest BCUT2D eigenvalue weighted by Crippen LogP contribution is 2.12. The summed E-state index contributed by atoms with van der Waals surface area (Å²) in [5, 5.41) is 2.69. The summed E-state index contributed by atoms with van der Waals surface area (Å²) >= 11 is 0. The summed E-state index contributed by atoms with van der Waals surface area (Å²) in [4.78, 5) is 23.4. The lowest BCUT2D eigenvalue weighted by atomic mass is 10.2. The molecular weight excluding hydrogens is 318 g/mol. The van der Waals surface area contributed by atoms with Crippen molar-refractivity contribution in [3.05, 3.63) is 59.7 Å². The largest absolute Gasteiger partial charge is 0.494 e. The highest BCUT2D eigenvalue weighted by atomic mass is 16.5. The Balaban J connectivity index is 1.60. The minimum Gasteiger partial charge on any atom is -0.494 e. The monoisotopic (exact) mass is 341 g/mol. The smallest absolute Gasteiger partial charge is 0.306 e. The highest BCUT2D eigenvalue weighted by Gasteiger charge is 2.08. The molecule has 0 bridgehead atoms. The van der Waals surface area contributed by atoms with Crippen LogP contribution in [0.25, 0.3) is 0 Å². The Hall–Kier alpha value is -2.82. The first-order valence-corrected chi connectivity index (χ1v) is 8.24. The van der Waals surface area contributed by atoms with Gasteiger partial charge < -0.3 is 14.8 Å². The van der Waals surface area contributed by atoms with Crippen molar-refractivity contribution in [3.8, 4) is 5.75 Å². The zero-order valence-corrected chi connectivity index (χ0v) is 14.6. The molecule has 0 radical (unpaired) electrons. The fourth-order valence-corrected chi connectivity index (χ4v) is 2.18. The number of benzene rings is 2. The van der Waals surface area contributed by atoms with Crippen molar-refractivity contribution in [3.63, 3.8) is 0 Å². The van der Waals surface area contributed by atoms with Gasteiger partial charge in [-0.05, 0) is 50.1 Å². The lowest BCUT2D eigenvalue weighted by Gasteiger charge is -2.08. The Labute approximate surface area is 148 Å². The van der Waals surface area contributed by atoms with Gasteiger partial charge in [-0.2, -0.15) is 0 Å². The molecule has 25 heavy (non-hydrogen) atoms. The molecule has 5 nitrogen and oxygen atoms in total. The zero-order valence-electron chi connectivity index (χ0n) is 14.6. The van der Waals surface area contributed by atoms with E-state index in [4.69, 9.17) is 9.47 Å². The first-order chi connectivity index (χ1) is 12.0. The second-order valence-corrected chi connectivity index (χ2v) is 5.84. The molecule has 0 fully saturated rings. The molecule has 0 heterocycles. The number of anilines is 1. The minimum atomic E-state index is -0.410. The number of amides is 1. The SMILES string of the molecule is Cc1ccc(OCCCC(=O)OCC(=O)Nc2cccc(C)c2)cc1. The van der Waals surface area contributed by atoms with Gasteiger partial charge in [-0.15, -0.1) is 0 Å². The van der Waals surface area contributed by atoms with Crippen molar-refractivity contribution < 1.29 is 19.1 Å². The number of rotatable bonds is 8. The van der Waals surface area contributed by atoms with Crippen molar-refractivity contribution in [1.82, 2.24) is 0 Å². The average molecular weight is 341 g/mol. The summed E-state index contributed by atoms with van der Waals surface area (Å²) in [5.74, 6) is 0.0123. The number of hydrogen-bond acceptors (Lipinski definition) is 4. The highest BCUT2D eigenvalue weighted by molar-refractivity contribution is 5.92. The van der Waals surface area contributed by atoms with Crippen molar-refractivity contribution in [2.75, 3.05) is 18.5 Å². The fraction of sp³-hybridized carbons (Fsp3) is 0.300. The van der Waals surface area contributed by atoms with Gasteiger partial charge in [-0.1, -0.05) is 29.8 Å². The van der Waals surface area contributed by atoms with Gasteiger partial charge >= 0.3 is 5.97 Å². The molecule has 0 atom stereocenters. The average Bonchev–Trinajstić information content (AvgIpc) is 2.58. The van der Waals surface area contributed by atoms with E-state index < -0.39 is 5.97 Å². The van der Waals surface area contributed by atoms with Crippen LogP contribution in [0.3, 0.4) is 0 Å². The van der Waals surface area contributed by atoms with Gasteiger partial charge in [0.25, 0.3) is 5.91 Å². The predicted molar refractivity (Wildman–Crippen MR) is 96.7 cm³/mol. The number of carbonyl (C=O) groups is 2. The van der Waals surface area contributed by atoms with Gasteiger partial charge in [0, 0.05) is 12.1 Å². The molecule has 132 valence electrons. The van der Waals surface area contributed by atoms with Gasteiger partial charge in [0.2, 0.25) is 0 Å². The second-order valence-electron chi connectivity index (χ2n) is 5.84. The Kier molecular flexibility index (Phi) is 7.01. The molecule has 0 aliphatic carbocycles. The molecule has 5 heteroatoms. The van der Waals surface area contributed by atoms with E-state index >= 15 is 0 Å². The molecule has 2 aromatic carbocycles. The maximum atomic E-state index is 11.8. The Morgan fingerprint density at radius 3 is 2.48 bits per heavy atom. The molecule has 0 saturated carbocycles. The van der Waals surface area contributed by atoms with Crippen LogP contribution in [0, 0.1) is 13.8 Å². The van der Waals surface area contributed by atoms with E-state index in [2.05, 4.69) is 5.32 Å². The van der Waals surface area contributed by atoms with E-state index in [-0.39, 0.29) is 18.9 Å². The van der Waals surface area contributed by atoms with Gasteiger partial charge in [0.15, 0.2) is 6.61 Å². The van der Waals surface area contributed by atoms with E-state index in [0.717, 1.165) is 11.3 Å². The topological polar surface area (TPSA) is 64.6 Å². The molecule has 2 rings (SSSR count). The summed E-state index contributed by atoms with van der Waals surface area (Å²) in [6.07, 6.45) is 0.746. The lowest BCUT2D eigenvalue weighted by molar-refractivity contribution is -0.147. The van der Waals surface area contributed by atoms with E-state index in [1.165, 1.54) is 5.56 Å². The third kappa shape index (κ3) is 7.08. The van der Waals surface area contributed by atoms with Crippen LogP contribution in [0.15, 0.2) is 48.5 Å². The molecule has 1 amide bonds. The van der Waals surface area contributed by atoms with E-state index in [0.29, 0.717) is 18.7 Å². The van der Waals surface area contributed by atoms with Crippen molar-refractivity contribution in [1.29, 1.82) is 0 Å². The molecule has 0 saturated heterocycles. The molecule has 0 aliphatic rings. The van der Waals surface area contributed by atoms with Crippen LogP contribution < -0.4 is 10.1 Å². The zero-order chi connectivity index (χ0) is 18.1. The molecule has 0 spiro atoms. The minimum absolute atomic E-state index is 0.212. The van der Waals surface area contributed by atoms with Gasteiger partial charge in [-0.3, -0.25) is 9.59 Å². The van der Waals surface area contributed by atoms with Gasteiger partial charge in [0.1, 0.15) is 5.75 Å². The van der Waals surface area contributed by atoms with Crippen LogP contribution in [0.5, 0.6) is 5.75 Å². The van der Waals surface area contributed by atoms with Crippen LogP contribution in [0.2, 0.25) is 0 Å². The lowest BCUT2D eigenvalue weighted by Crippen LogP contribution is -2.21. The van der Waals surface area contributed by atoms with Crippen molar-refractivity contribution in [2.24, 2.45) is 0 Å². The Morgan fingerprint density at radius 2 is 1.76 bits per heavy atom. The third-order valence-corrected chi connectivity index (χ3v) is 3.48. The van der Waals surface area contributed by atoms with E-state index in [9.17, 15) is 9.59 Å². The third-order valence-electron chi connectivity index (χ3n) is 3.48. The van der Waals surface area contributed by atoms with E-state index in [1.54, 1.807) is 6.07 Å². The number of ether oxygens (including phenoxy) is 2. The Morgan fingerprint density at radius 1 is 1.00 bits per heavy atom. The van der Waals surface area contributed by atoms with Crippen molar-refractivity contribution >= 4 is 17.6 Å². The van der Waals surface area contributed by atoms with Crippen molar-refractivity contribution in [2.45, 2.75) is 26.7 Å². The van der Waals surface area contributed by atoms with E-state index in [1.807, 2.05) is 56.3 Å². The first-order valence-electron chi connectivity index (χ1n) is 8.24. The van der Waals surface area contributed by atoms with Crippen LogP contribution >= 0.6 is 0 Å². The molecule has 0 unspecified atom stereocenters. The standard InChI is InChI=1S/C20H23NO4/c1-15-8-10-18(11-9-15)24-12-4-7-20(23)25-14-19(22)21-17-6-3-5-16(2)13-17/h3,5-6,8-11,13H,4,7,12,14H2,1-2H3,(H,21,22). The number of nitrogens with one attached hydrogen (secondary N) is 1. The predicted octanol–water partition coefficient (Wildman–Crippen LogP) is 3.64. The van der Waals surface area contributed by atoms with Crippen LogP contribution in [-0.2, 0) is 14.3 Å². The number of esters is 1. The summed E-state index contributed by atoms with van der Waals surface area (Å²) in [6, 6.07) is 15.1. The molecule has 2 aromatic rings. The summed E-state index contributed by atoms with van der Waals surface area (Å²) in [6.45, 7) is 4.09. The van der Waals surface area contributed by atoms with Gasteiger partial charge in [-0.25, -0.2) is 0 Å². The van der Waals surface area contributed by atoms with Gasteiger partial charge in [0.05, 0.1) is 6.61 Å². The number of carbonyl (C=O) groups excluding carboxylic acids is 2. The van der Waals surface area contributed by atoms with Crippen LogP contribution in [-0.4, -0.2) is 25.1 Å². The number of aryl methyl sites for hydroxylation is 2. The molecule has 0 aliphatic heterocycles. The molecule has 1 N–H and O–H groups in total.